The molecule has 0 saturated heterocycles. The van der Waals surface area contributed by atoms with Gasteiger partial charge in [0.1, 0.15) is 0 Å². The lowest BCUT2D eigenvalue weighted by atomic mass is 10.1. The summed E-state index contributed by atoms with van der Waals surface area (Å²) >= 11 is 5.36. The van der Waals surface area contributed by atoms with Gasteiger partial charge in [0, 0.05) is 0 Å². The Bertz CT molecular complexity index is 1160. The molecule has 0 amide bonds. The van der Waals surface area contributed by atoms with E-state index in [1.807, 2.05) is 56.3 Å². The van der Waals surface area contributed by atoms with E-state index < -0.39 is 0 Å². The summed E-state index contributed by atoms with van der Waals surface area (Å²) in [6, 6.07) is 13.4. The highest BCUT2D eigenvalue weighted by molar-refractivity contribution is 7.71. The molecule has 4 rings (SSSR count). The van der Waals surface area contributed by atoms with Gasteiger partial charge in [-0.2, -0.15) is 0 Å². The third-order valence-electron chi connectivity index (χ3n) is 4.10. The van der Waals surface area contributed by atoms with Crippen molar-refractivity contribution < 1.29 is 0 Å². The van der Waals surface area contributed by atoms with Crippen LogP contribution in [0.4, 0.5) is 0 Å². The van der Waals surface area contributed by atoms with Crippen molar-refractivity contribution >= 4 is 28.9 Å². The minimum absolute atomic E-state index is 0.0977. The van der Waals surface area contributed by atoms with E-state index in [4.69, 9.17) is 12.2 Å². The van der Waals surface area contributed by atoms with Gasteiger partial charge in [0.05, 0.1) is 16.6 Å². The summed E-state index contributed by atoms with van der Waals surface area (Å²) in [5.41, 5.74) is 3.53. The fourth-order valence-corrected chi connectivity index (χ4v) is 3.30. The van der Waals surface area contributed by atoms with Crippen LogP contribution >= 0.6 is 12.2 Å². The second kappa shape index (κ2) is 4.89. The van der Waals surface area contributed by atoms with Gasteiger partial charge in [-0.3, -0.25) is 9.20 Å². The van der Waals surface area contributed by atoms with Crippen molar-refractivity contribution in [3.8, 4) is 5.69 Å². The Labute approximate surface area is 136 Å². The number of H-pyrrole nitrogens is 1. The van der Waals surface area contributed by atoms with Crippen LogP contribution in [-0.2, 0) is 0 Å². The number of rotatable bonds is 1. The van der Waals surface area contributed by atoms with Crippen LogP contribution in [0.2, 0.25) is 0 Å². The van der Waals surface area contributed by atoms with Crippen LogP contribution in [0, 0.1) is 18.6 Å². The molecule has 2 heterocycles. The summed E-state index contributed by atoms with van der Waals surface area (Å²) in [4.78, 5) is 13.1. The predicted molar refractivity (Wildman–Crippen MR) is 93.0 cm³/mol. The van der Waals surface area contributed by atoms with Crippen molar-refractivity contribution in [2.45, 2.75) is 13.8 Å². The second-order valence-corrected chi connectivity index (χ2v) is 5.95. The summed E-state index contributed by atoms with van der Waals surface area (Å²) < 4.78 is 3.91. The molecule has 2 aromatic carbocycles. The molecule has 0 aliphatic carbocycles. The van der Waals surface area contributed by atoms with Crippen LogP contribution in [0.25, 0.3) is 22.4 Å². The lowest BCUT2D eigenvalue weighted by molar-refractivity contribution is 0.948. The SMILES string of the molecule is Cc1cccc(C)c1-n1c(=O)c2ccccc2n2c(=S)[nH]nc12. The number of benzene rings is 2. The second-order valence-electron chi connectivity index (χ2n) is 5.56. The Balaban J connectivity index is 2.34. The monoisotopic (exact) mass is 322 g/mol. The van der Waals surface area contributed by atoms with Gasteiger partial charge in [-0.15, -0.1) is 5.10 Å². The van der Waals surface area contributed by atoms with Gasteiger partial charge in [0.25, 0.3) is 5.56 Å². The van der Waals surface area contributed by atoms with Crippen molar-refractivity contribution in [3.05, 3.63) is 68.7 Å². The van der Waals surface area contributed by atoms with Crippen molar-refractivity contribution in [2.75, 3.05) is 0 Å². The number of aromatic amines is 1. The third-order valence-corrected chi connectivity index (χ3v) is 4.37. The van der Waals surface area contributed by atoms with E-state index in [2.05, 4.69) is 10.2 Å². The molecular formula is C17H14N4OS. The van der Waals surface area contributed by atoms with Gasteiger partial charge in [0.15, 0.2) is 0 Å². The third kappa shape index (κ3) is 1.88. The molecule has 6 heteroatoms. The molecule has 1 N–H and O–H groups in total. The Kier molecular flexibility index (Phi) is 2.96. The molecule has 0 aliphatic rings. The van der Waals surface area contributed by atoms with Crippen molar-refractivity contribution in [1.29, 1.82) is 0 Å². The highest BCUT2D eigenvalue weighted by atomic mass is 32.1. The maximum absolute atomic E-state index is 13.1. The quantitative estimate of drug-likeness (QED) is 0.547. The summed E-state index contributed by atoms with van der Waals surface area (Å²) in [6.07, 6.45) is 0. The molecule has 0 radical (unpaired) electrons. The summed E-state index contributed by atoms with van der Waals surface area (Å²) in [7, 11) is 0. The number of para-hydroxylation sites is 2. The van der Waals surface area contributed by atoms with Gasteiger partial charge < -0.3 is 0 Å². The lowest BCUT2D eigenvalue weighted by Crippen LogP contribution is -2.23. The van der Waals surface area contributed by atoms with Gasteiger partial charge in [-0.25, -0.2) is 9.67 Å². The molecule has 0 saturated carbocycles. The average Bonchev–Trinajstić information content (AvgIpc) is 2.92. The Morgan fingerprint density at radius 2 is 1.74 bits per heavy atom. The molecular weight excluding hydrogens is 308 g/mol. The smallest absolute Gasteiger partial charge is 0.267 e. The molecule has 0 fully saturated rings. The zero-order valence-corrected chi connectivity index (χ0v) is 13.5. The first kappa shape index (κ1) is 13.9. The average molecular weight is 322 g/mol. The number of nitrogens with one attached hydrogen (secondary N) is 1. The van der Waals surface area contributed by atoms with E-state index in [0.717, 1.165) is 22.3 Å². The molecule has 5 nitrogen and oxygen atoms in total. The number of hydrogen-bond acceptors (Lipinski definition) is 3. The first-order chi connectivity index (χ1) is 11.1. The van der Waals surface area contributed by atoms with Gasteiger partial charge >= 0.3 is 0 Å². The maximum Gasteiger partial charge on any atom is 0.267 e. The first-order valence-corrected chi connectivity index (χ1v) is 7.68. The first-order valence-electron chi connectivity index (χ1n) is 7.27. The predicted octanol–water partition coefficient (Wildman–Crippen LogP) is 3.31. The Morgan fingerprint density at radius 3 is 2.48 bits per heavy atom. The summed E-state index contributed by atoms with van der Waals surface area (Å²) in [6.45, 7) is 3.98. The van der Waals surface area contributed by atoms with Crippen LogP contribution in [0.3, 0.4) is 0 Å². The fraction of sp³-hybridized carbons (Fsp3) is 0.118. The molecule has 114 valence electrons. The minimum atomic E-state index is -0.0977. The van der Waals surface area contributed by atoms with Gasteiger partial charge in [0.2, 0.25) is 10.5 Å². The van der Waals surface area contributed by atoms with Crippen LogP contribution in [0.15, 0.2) is 47.3 Å². The van der Waals surface area contributed by atoms with Crippen molar-refractivity contribution in [3.63, 3.8) is 0 Å². The molecule has 0 aliphatic heterocycles. The van der Waals surface area contributed by atoms with E-state index in [-0.39, 0.29) is 5.56 Å². The zero-order valence-electron chi connectivity index (χ0n) is 12.7. The van der Waals surface area contributed by atoms with Crippen LogP contribution in [-0.4, -0.2) is 19.2 Å². The van der Waals surface area contributed by atoms with Gasteiger partial charge in [-0.1, -0.05) is 30.3 Å². The van der Waals surface area contributed by atoms with E-state index in [1.54, 1.807) is 8.97 Å². The highest BCUT2D eigenvalue weighted by Gasteiger charge is 2.16. The van der Waals surface area contributed by atoms with Crippen molar-refractivity contribution in [1.82, 2.24) is 19.2 Å². The summed E-state index contributed by atoms with van der Waals surface area (Å²) in [5, 5.41) is 7.71. The van der Waals surface area contributed by atoms with Gasteiger partial charge in [-0.05, 0) is 49.3 Å². The molecule has 23 heavy (non-hydrogen) atoms. The number of fused-ring (bicyclic) bond motifs is 3. The topological polar surface area (TPSA) is 55.1 Å². The molecule has 4 aromatic rings. The zero-order chi connectivity index (χ0) is 16.1. The van der Waals surface area contributed by atoms with Crippen LogP contribution < -0.4 is 5.56 Å². The standard InChI is InChI=1S/C17H14N4OS/c1-10-6-5-7-11(2)14(10)21-15(22)12-8-3-4-9-13(12)20-16(21)18-19-17(20)23/h3-9H,1-2H3,(H,19,23). The van der Waals surface area contributed by atoms with Crippen LogP contribution in [0.5, 0.6) is 0 Å². The Morgan fingerprint density at radius 1 is 1.04 bits per heavy atom. The maximum atomic E-state index is 13.1. The molecule has 0 bridgehead atoms. The van der Waals surface area contributed by atoms with E-state index >= 15 is 0 Å². The van der Waals surface area contributed by atoms with Crippen LogP contribution in [0.1, 0.15) is 11.1 Å². The lowest BCUT2D eigenvalue weighted by Gasteiger charge is -2.14. The number of aromatic nitrogens is 4. The fourth-order valence-electron chi connectivity index (χ4n) is 3.08. The molecule has 2 aromatic heterocycles. The number of aryl methyl sites for hydroxylation is 2. The largest absolute Gasteiger partial charge is 0.268 e. The summed E-state index contributed by atoms with van der Waals surface area (Å²) in [5.74, 6) is 0.496. The minimum Gasteiger partial charge on any atom is -0.268 e. The van der Waals surface area contributed by atoms with Crippen molar-refractivity contribution in [2.24, 2.45) is 0 Å². The van der Waals surface area contributed by atoms with E-state index in [9.17, 15) is 4.79 Å². The van der Waals surface area contributed by atoms with E-state index in [0.29, 0.717) is 15.9 Å². The molecule has 0 spiro atoms. The van der Waals surface area contributed by atoms with E-state index in [1.165, 1.54) is 0 Å². The molecule has 0 unspecified atom stereocenters. The Hall–Kier alpha value is -2.73. The highest BCUT2D eigenvalue weighted by Crippen LogP contribution is 2.21. The number of hydrogen-bond donors (Lipinski definition) is 1. The number of nitrogens with zero attached hydrogens (tertiary/aromatic N) is 3. The molecule has 0 atom stereocenters. The normalized spacial score (nSPS) is 11.4.